The van der Waals surface area contributed by atoms with Gasteiger partial charge < -0.3 is 14.9 Å². The van der Waals surface area contributed by atoms with Gasteiger partial charge in [-0.05, 0) is 91.3 Å². The molecule has 2 heterocycles. The molecule has 0 aromatic heterocycles. The molecule has 29 heavy (non-hydrogen) atoms. The van der Waals surface area contributed by atoms with Crippen LogP contribution in [-0.4, -0.2) is 10.5 Å². The Labute approximate surface area is 207 Å². The summed E-state index contributed by atoms with van der Waals surface area (Å²) in [6.07, 6.45) is 17.6. The van der Waals surface area contributed by atoms with Crippen molar-refractivity contribution in [2.45, 2.75) is 75.7 Å². The molecule has 0 N–H and O–H groups in total. The van der Waals surface area contributed by atoms with E-state index < -0.39 is 20.8 Å². The third kappa shape index (κ3) is 5.77. The fraction of sp³-hybridized carbons (Fsp3) is 0.750. The predicted molar refractivity (Wildman–Crippen MR) is 133 cm³/mol. The Bertz CT molecular complexity index is 561. The Hall–Kier alpha value is 1.64. The van der Waals surface area contributed by atoms with Crippen molar-refractivity contribution >= 4 is 40.5 Å². The van der Waals surface area contributed by atoms with Crippen LogP contribution < -0.4 is 0 Å². The van der Waals surface area contributed by atoms with Gasteiger partial charge in [0, 0.05) is 10.5 Å². The van der Waals surface area contributed by atoms with Crippen LogP contribution in [0.4, 0.5) is 0 Å². The monoisotopic (exact) mass is 550 g/mol. The topological polar surface area (TPSA) is 0 Å². The van der Waals surface area contributed by atoms with Crippen LogP contribution in [0.2, 0.25) is 0 Å². The molecule has 164 valence electrons. The van der Waals surface area contributed by atoms with E-state index in [-0.39, 0.29) is 14.9 Å². The summed E-state index contributed by atoms with van der Waals surface area (Å²) in [4.78, 5) is 3.20. The van der Waals surface area contributed by atoms with Crippen molar-refractivity contribution in [2.24, 2.45) is 35.5 Å². The summed E-state index contributed by atoms with van der Waals surface area (Å²) in [5.74, 6) is 5.96. The Kier molecular flexibility index (Phi) is 11.3. The van der Waals surface area contributed by atoms with Gasteiger partial charge in [0.1, 0.15) is 0 Å². The molecule has 5 aliphatic rings. The first kappa shape index (κ1) is 26.9. The van der Waals surface area contributed by atoms with Crippen LogP contribution in [0.5, 0.6) is 0 Å². The van der Waals surface area contributed by atoms with E-state index >= 15 is 0 Å². The molecule has 3 aliphatic carbocycles. The summed E-state index contributed by atoms with van der Waals surface area (Å²) in [6.45, 7) is 4.69. The van der Waals surface area contributed by atoms with Crippen molar-refractivity contribution in [1.82, 2.24) is 0 Å². The number of hydrogen-bond donors (Lipinski definition) is 0. The maximum absolute atomic E-state index is 4.93. The zero-order valence-electron chi connectivity index (χ0n) is 18.5. The van der Waals surface area contributed by atoms with Crippen molar-refractivity contribution in [3.8, 4) is 0 Å². The summed E-state index contributed by atoms with van der Waals surface area (Å²) in [5.41, 5.74) is 0. The van der Waals surface area contributed by atoms with Crippen LogP contribution >= 0.6 is 40.5 Å². The first-order chi connectivity index (χ1) is 13.1. The number of rotatable bonds is 3. The van der Waals surface area contributed by atoms with Crippen molar-refractivity contribution in [3.63, 3.8) is 0 Å². The van der Waals surface area contributed by atoms with Gasteiger partial charge in [-0.3, -0.25) is 0 Å². The van der Waals surface area contributed by atoms with E-state index in [1.54, 1.807) is 35.5 Å². The SMILES string of the molecule is CC1=CC2C3C=C(C)SC3C(CCC3CCC4CCCCC43)C2S1.[CH3-].[CH3-].[Cl][Zr+2][Cl]. The average molecular weight is 553 g/mol. The van der Waals surface area contributed by atoms with Crippen LogP contribution in [0.3, 0.4) is 0 Å². The van der Waals surface area contributed by atoms with E-state index in [9.17, 15) is 0 Å². The van der Waals surface area contributed by atoms with Crippen LogP contribution in [-0.2, 0) is 20.8 Å². The van der Waals surface area contributed by atoms with Crippen molar-refractivity contribution < 1.29 is 20.8 Å². The minimum absolute atomic E-state index is 0. The van der Waals surface area contributed by atoms with E-state index in [1.807, 2.05) is 0 Å². The summed E-state index contributed by atoms with van der Waals surface area (Å²) in [7, 11) is 9.87. The summed E-state index contributed by atoms with van der Waals surface area (Å²) in [6, 6.07) is 0. The Morgan fingerprint density at radius 1 is 0.862 bits per heavy atom. The van der Waals surface area contributed by atoms with Crippen LogP contribution in [0.15, 0.2) is 22.0 Å². The summed E-state index contributed by atoms with van der Waals surface area (Å²) in [5, 5.41) is 1.81. The second-order valence-corrected chi connectivity index (χ2v) is 15.8. The molecular formula is C24H38Cl2S2Zr. The number of hydrogen-bond acceptors (Lipinski definition) is 2. The van der Waals surface area contributed by atoms with Crippen LogP contribution in [0.25, 0.3) is 0 Å². The van der Waals surface area contributed by atoms with Gasteiger partial charge in [0.15, 0.2) is 0 Å². The van der Waals surface area contributed by atoms with E-state index in [4.69, 9.17) is 17.0 Å². The van der Waals surface area contributed by atoms with Crippen LogP contribution in [0.1, 0.15) is 65.2 Å². The van der Waals surface area contributed by atoms with Gasteiger partial charge >= 0.3 is 37.9 Å². The van der Waals surface area contributed by atoms with Crippen molar-refractivity contribution in [2.75, 3.05) is 0 Å². The van der Waals surface area contributed by atoms with Crippen molar-refractivity contribution in [1.29, 1.82) is 0 Å². The van der Waals surface area contributed by atoms with E-state index in [2.05, 4.69) is 49.5 Å². The molecule has 0 radical (unpaired) electrons. The van der Waals surface area contributed by atoms with Crippen molar-refractivity contribution in [3.05, 3.63) is 36.8 Å². The molecule has 0 amide bonds. The van der Waals surface area contributed by atoms with E-state index in [0.29, 0.717) is 0 Å². The molecule has 2 aliphatic heterocycles. The van der Waals surface area contributed by atoms with E-state index in [0.717, 1.165) is 46.0 Å². The summed E-state index contributed by atoms with van der Waals surface area (Å²) >= 11 is 3.63. The van der Waals surface area contributed by atoms with Gasteiger partial charge in [-0.1, -0.05) is 31.4 Å². The fourth-order valence-corrected chi connectivity index (χ4v) is 10.2. The number of halogens is 2. The molecule has 3 saturated carbocycles. The normalized spacial score (nSPS) is 41.4. The first-order valence-electron chi connectivity index (χ1n) is 10.8. The molecule has 0 aromatic rings. The molecule has 7 unspecified atom stereocenters. The molecule has 0 nitrogen and oxygen atoms in total. The molecule has 0 aromatic carbocycles. The number of thioether (sulfide) groups is 2. The quantitative estimate of drug-likeness (QED) is 0.320. The average Bonchev–Trinajstić information content (AvgIpc) is 3.37. The van der Waals surface area contributed by atoms with Gasteiger partial charge in [-0.25, -0.2) is 0 Å². The third-order valence-electron chi connectivity index (χ3n) is 7.90. The number of fused-ring (bicyclic) bond motifs is 4. The zero-order chi connectivity index (χ0) is 19.0. The second-order valence-electron chi connectivity index (χ2n) is 9.23. The summed E-state index contributed by atoms with van der Waals surface area (Å²) < 4.78 is 0. The molecule has 7 atom stereocenters. The Morgan fingerprint density at radius 3 is 2.00 bits per heavy atom. The molecule has 5 heteroatoms. The second kappa shape index (κ2) is 12.2. The maximum atomic E-state index is 4.93. The molecule has 0 bridgehead atoms. The minimum atomic E-state index is -0.826. The standard InChI is InChI=1S/C22H32S2.2CH3.2ClH.Zr/c1-13-11-19-20-12-14(2)24-22(20)18(21(19)23-13)10-9-16-8-7-15-5-3-4-6-17(15)16;;;;;/h11-12,15-22H,3-10H2,1-2H3;2*1H3;2*1H;/q;2*-1;;;+4/p-2. The van der Waals surface area contributed by atoms with Gasteiger partial charge in [-0.2, -0.15) is 0 Å². The van der Waals surface area contributed by atoms with E-state index in [1.165, 1.54) is 25.7 Å². The molecular weight excluding hydrogens is 515 g/mol. The molecule has 0 saturated heterocycles. The fourth-order valence-electron chi connectivity index (χ4n) is 6.94. The van der Waals surface area contributed by atoms with Gasteiger partial charge in [0.25, 0.3) is 0 Å². The van der Waals surface area contributed by atoms with Gasteiger partial charge in [0.05, 0.1) is 0 Å². The molecule has 5 rings (SSSR count). The first-order valence-corrected chi connectivity index (χ1v) is 18.9. The molecule has 3 fully saturated rings. The van der Waals surface area contributed by atoms with Gasteiger partial charge in [0.2, 0.25) is 0 Å². The Morgan fingerprint density at radius 2 is 1.41 bits per heavy atom. The molecule has 0 spiro atoms. The Balaban J connectivity index is 0.000000568. The zero-order valence-corrected chi connectivity index (χ0v) is 24.1. The van der Waals surface area contributed by atoms with Crippen LogP contribution in [0, 0.1) is 50.4 Å². The van der Waals surface area contributed by atoms with Gasteiger partial charge in [-0.15, -0.1) is 23.5 Å². The number of allylic oxidation sites excluding steroid dienone is 4. The third-order valence-corrected chi connectivity index (χ3v) is 10.8. The predicted octanol–water partition coefficient (Wildman–Crippen LogP) is 9.16.